The molecule has 0 aromatic heterocycles. The average molecular weight is 412 g/mol. The molecular weight excluding hydrogens is 387 g/mol. The van der Waals surface area contributed by atoms with Crippen LogP contribution in [0.15, 0.2) is 30.3 Å². The summed E-state index contributed by atoms with van der Waals surface area (Å²) < 4.78 is 36.1. The zero-order valence-electron chi connectivity index (χ0n) is 16.5. The lowest BCUT2D eigenvalue weighted by molar-refractivity contribution is -0.187. The minimum Gasteiger partial charge on any atom is -0.459 e. The summed E-state index contributed by atoms with van der Waals surface area (Å²) in [7, 11) is -2.22. The number of ether oxygens (including phenoxy) is 4. The quantitative estimate of drug-likeness (QED) is 0.410. The fourth-order valence-electron chi connectivity index (χ4n) is 3.59. The topological polar surface area (TPSA) is 105 Å². The molecule has 1 aromatic carbocycles. The van der Waals surface area contributed by atoms with E-state index in [9.17, 15) is 18.9 Å². The van der Waals surface area contributed by atoms with E-state index in [1.165, 1.54) is 27.9 Å². The first kappa shape index (κ1) is 22.1. The number of carbonyl (C=O) groups is 3. The molecule has 1 aliphatic rings. The maximum Gasteiger partial charge on any atom is 0.303 e. The number of hydrogen-bond donors (Lipinski definition) is 0. The molecule has 6 atom stereocenters. The van der Waals surface area contributed by atoms with Gasteiger partial charge >= 0.3 is 17.9 Å². The highest BCUT2D eigenvalue weighted by Gasteiger charge is 2.61. The molecule has 1 fully saturated rings. The van der Waals surface area contributed by atoms with Crippen molar-refractivity contribution in [1.82, 2.24) is 0 Å². The molecular formula is C19H25O8P. The highest BCUT2D eigenvalue weighted by Crippen LogP contribution is 2.61. The second-order valence-electron chi connectivity index (χ2n) is 6.63. The van der Waals surface area contributed by atoms with Crippen LogP contribution in [0.25, 0.3) is 0 Å². The van der Waals surface area contributed by atoms with E-state index in [-0.39, 0.29) is 0 Å². The second kappa shape index (κ2) is 8.88. The Balaban J connectivity index is 2.70. The number of benzene rings is 1. The van der Waals surface area contributed by atoms with Crippen molar-refractivity contribution in [2.45, 2.75) is 57.5 Å². The zero-order valence-corrected chi connectivity index (χ0v) is 17.4. The monoisotopic (exact) mass is 412 g/mol. The van der Waals surface area contributed by atoms with Gasteiger partial charge in [0.1, 0.15) is 12.2 Å². The molecule has 0 spiro atoms. The number of esters is 3. The molecule has 154 valence electrons. The molecule has 1 saturated heterocycles. The predicted octanol–water partition coefficient (Wildman–Crippen LogP) is 1.84. The summed E-state index contributed by atoms with van der Waals surface area (Å²) in [5.74, 6) is -3.21. The fraction of sp³-hybridized carbons (Fsp3) is 0.526. The Morgan fingerprint density at radius 2 is 1.32 bits per heavy atom. The Morgan fingerprint density at radius 1 is 0.821 bits per heavy atom. The normalized spacial score (nSPS) is 32.2. The number of methoxy groups -OCH3 is 1. The summed E-state index contributed by atoms with van der Waals surface area (Å²) in [6.45, 7) is 5.24. The van der Waals surface area contributed by atoms with Gasteiger partial charge in [0.25, 0.3) is 0 Å². The van der Waals surface area contributed by atoms with Crippen LogP contribution in [-0.4, -0.2) is 54.8 Å². The van der Waals surface area contributed by atoms with Crippen LogP contribution in [0.5, 0.6) is 0 Å². The van der Waals surface area contributed by atoms with E-state index in [1.54, 1.807) is 37.3 Å². The Morgan fingerprint density at radius 3 is 1.79 bits per heavy atom. The van der Waals surface area contributed by atoms with Gasteiger partial charge in [-0.3, -0.25) is 14.4 Å². The molecule has 0 amide bonds. The van der Waals surface area contributed by atoms with Gasteiger partial charge in [-0.05, 0) is 0 Å². The summed E-state index contributed by atoms with van der Waals surface area (Å²) in [5.41, 5.74) is -0.750. The maximum atomic E-state index is 14.4. The molecule has 2 rings (SSSR count). The van der Waals surface area contributed by atoms with Crippen LogP contribution in [0, 0.1) is 0 Å². The zero-order chi connectivity index (χ0) is 21.1. The van der Waals surface area contributed by atoms with Crippen LogP contribution < -0.4 is 5.30 Å². The summed E-state index contributed by atoms with van der Waals surface area (Å²) in [5, 5.41) is 0.428. The van der Waals surface area contributed by atoms with Gasteiger partial charge in [-0.2, -0.15) is 0 Å². The third-order valence-electron chi connectivity index (χ3n) is 4.71. The van der Waals surface area contributed by atoms with Crippen molar-refractivity contribution < 1.29 is 37.9 Å². The maximum absolute atomic E-state index is 14.4. The molecule has 0 saturated carbocycles. The van der Waals surface area contributed by atoms with Crippen LogP contribution in [0.2, 0.25) is 0 Å². The van der Waals surface area contributed by atoms with Crippen molar-refractivity contribution in [3.8, 4) is 0 Å². The third-order valence-corrected chi connectivity index (χ3v) is 8.47. The molecule has 1 heterocycles. The van der Waals surface area contributed by atoms with E-state index >= 15 is 0 Å². The van der Waals surface area contributed by atoms with E-state index in [2.05, 4.69) is 0 Å². The predicted molar refractivity (Wildman–Crippen MR) is 101 cm³/mol. The SMILES string of the molecule is CO[C@H]1[C@H](OC(C)=O)[C@@H](OC(C)=O)P(=O)(c2ccccc2)[C@@H](C)[C@H]1OC(C)=O. The first-order valence-electron chi connectivity index (χ1n) is 8.82. The Kier molecular flexibility index (Phi) is 7.01. The summed E-state index contributed by atoms with van der Waals surface area (Å²) >= 11 is 0. The standard InChI is InChI=1S/C19H25O8P/c1-11-16(25-12(2)20)17(24-5)18(26-13(3)21)19(27-14(4)22)28(11,23)15-9-7-6-8-10-15/h6-11,16-19H,1-5H3/t11-,16+,17+,18-,19-,28?/m0/s1. The average Bonchev–Trinajstić information content (AvgIpc) is 2.63. The van der Waals surface area contributed by atoms with Gasteiger partial charge in [0.2, 0.25) is 0 Å². The Labute approximate surface area is 163 Å². The minimum atomic E-state index is -3.57. The lowest BCUT2D eigenvalue weighted by Gasteiger charge is -2.47. The van der Waals surface area contributed by atoms with Crippen molar-refractivity contribution in [3.63, 3.8) is 0 Å². The highest BCUT2D eigenvalue weighted by atomic mass is 31.2. The lowest BCUT2D eigenvalue weighted by atomic mass is 10.0. The van der Waals surface area contributed by atoms with Crippen LogP contribution >= 0.6 is 7.14 Å². The third kappa shape index (κ3) is 4.28. The molecule has 8 nitrogen and oxygen atoms in total. The van der Waals surface area contributed by atoms with E-state index in [4.69, 9.17) is 18.9 Å². The van der Waals surface area contributed by atoms with Gasteiger partial charge in [0, 0.05) is 33.2 Å². The molecule has 0 bridgehead atoms. The Bertz CT molecular complexity index is 777. The van der Waals surface area contributed by atoms with Crippen molar-refractivity contribution in [2.24, 2.45) is 0 Å². The smallest absolute Gasteiger partial charge is 0.303 e. The molecule has 28 heavy (non-hydrogen) atoms. The van der Waals surface area contributed by atoms with Crippen LogP contribution in [-0.2, 0) is 37.9 Å². The van der Waals surface area contributed by atoms with E-state index in [0.717, 1.165) is 0 Å². The molecule has 1 unspecified atom stereocenters. The van der Waals surface area contributed by atoms with Crippen LogP contribution in [0.3, 0.4) is 0 Å². The van der Waals surface area contributed by atoms with Gasteiger partial charge in [0.15, 0.2) is 19.1 Å². The number of hydrogen-bond acceptors (Lipinski definition) is 8. The molecule has 0 aliphatic carbocycles. The van der Waals surface area contributed by atoms with E-state index in [1.807, 2.05) is 0 Å². The second-order valence-corrected chi connectivity index (χ2v) is 9.89. The van der Waals surface area contributed by atoms with Crippen molar-refractivity contribution in [1.29, 1.82) is 0 Å². The van der Waals surface area contributed by atoms with Gasteiger partial charge < -0.3 is 23.5 Å². The molecule has 1 aliphatic heterocycles. The molecule has 0 N–H and O–H groups in total. The van der Waals surface area contributed by atoms with Gasteiger partial charge in [0.05, 0.1) is 5.66 Å². The van der Waals surface area contributed by atoms with E-state index in [0.29, 0.717) is 5.30 Å². The Hall–Kier alpha value is -2.18. The first-order chi connectivity index (χ1) is 13.1. The number of carbonyl (C=O) groups excluding carboxylic acids is 3. The van der Waals surface area contributed by atoms with Gasteiger partial charge in [-0.15, -0.1) is 0 Å². The van der Waals surface area contributed by atoms with Gasteiger partial charge in [-0.1, -0.05) is 37.3 Å². The molecule has 0 radical (unpaired) electrons. The van der Waals surface area contributed by atoms with Crippen molar-refractivity contribution in [2.75, 3.05) is 7.11 Å². The number of rotatable bonds is 5. The van der Waals surface area contributed by atoms with Crippen molar-refractivity contribution >= 4 is 30.4 Å². The van der Waals surface area contributed by atoms with Crippen LogP contribution in [0.4, 0.5) is 0 Å². The first-order valence-corrected chi connectivity index (χ1v) is 10.7. The van der Waals surface area contributed by atoms with Crippen LogP contribution in [0.1, 0.15) is 27.7 Å². The van der Waals surface area contributed by atoms with E-state index < -0.39 is 54.9 Å². The highest BCUT2D eigenvalue weighted by molar-refractivity contribution is 7.73. The summed E-state index contributed by atoms with van der Waals surface area (Å²) in [4.78, 5) is 35.3. The lowest BCUT2D eigenvalue weighted by Crippen LogP contribution is -2.60. The summed E-state index contributed by atoms with van der Waals surface area (Å²) in [6, 6.07) is 8.47. The molecule has 1 aromatic rings. The van der Waals surface area contributed by atoms with Gasteiger partial charge in [-0.25, -0.2) is 0 Å². The molecule has 9 heteroatoms. The fourth-order valence-corrected chi connectivity index (χ4v) is 7.10. The minimum absolute atomic E-state index is 0.428. The van der Waals surface area contributed by atoms with Crippen molar-refractivity contribution in [3.05, 3.63) is 30.3 Å². The largest absolute Gasteiger partial charge is 0.459 e. The summed E-state index contributed by atoms with van der Waals surface area (Å²) in [6.07, 6.45) is -3.14.